The predicted octanol–water partition coefficient (Wildman–Crippen LogP) is 1.80. The fraction of sp³-hybridized carbons (Fsp3) is 0.529. The molecule has 1 aromatic carbocycles. The first-order chi connectivity index (χ1) is 10.5. The number of piperidine rings is 1. The van der Waals surface area contributed by atoms with Crippen molar-refractivity contribution in [3.63, 3.8) is 0 Å². The van der Waals surface area contributed by atoms with E-state index in [1.807, 2.05) is 32.0 Å². The number of hydrogen-bond donors (Lipinski definition) is 1. The summed E-state index contributed by atoms with van der Waals surface area (Å²) in [6.07, 6.45) is 1.92. The van der Waals surface area contributed by atoms with Gasteiger partial charge in [-0.25, -0.2) is 0 Å². The van der Waals surface area contributed by atoms with Gasteiger partial charge in [0.1, 0.15) is 5.75 Å². The number of amides is 2. The molecule has 0 aliphatic carbocycles. The van der Waals surface area contributed by atoms with E-state index in [0.29, 0.717) is 26.1 Å². The van der Waals surface area contributed by atoms with Gasteiger partial charge in [0.15, 0.2) is 0 Å². The van der Waals surface area contributed by atoms with Crippen LogP contribution in [0, 0.1) is 19.8 Å². The highest BCUT2D eigenvalue weighted by Gasteiger charge is 2.26. The Morgan fingerprint density at radius 1 is 1.32 bits per heavy atom. The Kier molecular flexibility index (Phi) is 5.41. The molecule has 5 nitrogen and oxygen atoms in total. The molecule has 0 aromatic heterocycles. The van der Waals surface area contributed by atoms with Gasteiger partial charge in [-0.05, 0) is 49.9 Å². The highest BCUT2D eigenvalue weighted by molar-refractivity contribution is 5.80. The molecule has 0 saturated carbocycles. The van der Waals surface area contributed by atoms with Crippen molar-refractivity contribution < 1.29 is 14.3 Å². The summed E-state index contributed by atoms with van der Waals surface area (Å²) in [5.41, 5.74) is 7.72. The second kappa shape index (κ2) is 7.29. The summed E-state index contributed by atoms with van der Waals surface area (Å²) in [4.78, 5) is 25.1. The van der Waals surface area contributed by atoms with E-state index in [2.05, 4.69) is 0 Å². The quantitative estimate of drug-likeness (QED) is 0.901. The molecule has 0 spiro atoms. The molecule has 5 heteroatoms. The number of hydrogen-bond acceptors (Lipinski definition) is 3. The SMILES string of the molecule is Cc1ccc(OCCC(=O)N2CCCC(C(N)=O)C2)cc1C. The number of carbonyl (C=O) groups is 2. The maximum absolute atomic E-state index is 12.2. The number of primary amides is 1. The van der Waals surface area contributed by atoms with Crippen LogP contribution in [0.25, 0.3) is 0 Å². The molecule has 0 radical (unpaired) electrons. The van der Waals surface area contributed by atoms with Crippen LogP contribution in [-0.2, 0) is 9.59 Å². The van der Waals surface area contributed by atoms with Gasteiger partial charge in [-0.15, -0.1) is 0 Å². The Morgan fingerprint density at radius 2 is 2.09 bits per heavy atom. The summed E-state index contributed by atoms with van der Waals surface area (Å²) < 4.78 is 5.64. The van der Waals surface area contributed by atoms with E-state index in [1.54, 1.807) is 4.90 Å². The monoisotopic (exact) mass is 304 g/mol. The van der Waals surface area contributed by atoms with Gasteiger partial charge in [0.25, 0.3) is 0 Å². The van der Waals surface area contributed by atoms with Crippen molar-refractivity contribution in [2.45, 2.75) is 33.1 Å². The molecule has 22 heavy (non-hydrogen) atoms. The van der Waals surface area contributed by atoms with Gasteiger partial charge in [-0.2, -0.15) is 0 Å². The Balaban J connectivity index is 1.79. The van der Waals surface area contributed by atoms with E-state index in [0.717, 1.165) is 18.6 Å². The number of ether oxygens (including phenoxy) is 1. The highest BCUT2D eigenvalue weighted by atomic mass is 16.5. The fourth-order valence-corrected chi connectivity index (χ4v) is 2.65. The van der Waals surface area contributed by atoms with Gasteiger partial charge in [0, 0.05) is 13.1 Å². The molecule has 1 aromatic rings. The van der Waals surface area contributed by atoms with Crippen LogP contribution >= 0.6 is 0 Å². The molecule has 0 bridgehead atoms. The lowest BCUT2D eigenvalue weighted by molar-refractivity contribution is -0.135. The first-order valence-electron chi connectivity index (χ1n) is 7.74. The van der Waals surface area contributed by atoms with Gasteiger partial charge in [0.05, 0.1) is 18.9 Å². The van der Waals surface area contributed by atoms with Gasteiger partial charge in [0.2, 0.25) is 11.8 Å². The summed E-state index contributed by atoms with van der Waals surface area (Å²) in [6, 6.07) is 5.90. The van der Waals surface area contributed by atoms with Gasteiger partial charge < -0.3 is 15.4 Å². The first-order valence-corrected chi connectivity index (χ1v) is 7.74. The van der Waals surface area contributed by atoms with Crippen LogP contribution in [0.1, 0.15) is 30.4 Å². The Hall–Kier alpha value is -2.04. The Labute approximate surface area is 131 Å². The van der Waals surface area contributed by atoms with Gasteiger partial charge in [-0.1, -0.05) is 6.07 Å². The van der Waals surface area contributed by atoms with E-state index in [-0.39, 0.29) is 17.7 Å². The predicted molar refractivity (Wildman–Crippen MR) is 84.5 cm³/mol. The number of carbonyl (C=O) groups excluding carboxylic acids is 2. The fourth-order valence-electron chi connectivity index (χ4n) is 2.65. The molecule has 1 fully saturated rings. The van der Waals surface area contributed by atoms with Crippen molar-refractivity contribution in [3.8, 4) is 5.75 Å². The lowest BCUT2D eigenvalue weighted by Gasteiger charge is -2.31. The van der Waals surface area contributed by atoms with Crippen LogP contribution in [0.4, 0.5) is 0 Å². The number of nitrogens with two attached hydrogens (primary N) is 1. The average molecular weight is 304 g/mol. The van der Waals surface area contributed by atoms with Crippen molar-refractivity contribution in [1.82, 2.24) is 4.90 Å². The third-order valence-electron chi connectivity index (χ3n) is 4.24. The van der Waals surface area contributed by atoms with E-state index < -0.39 is 0 Å². The number of likely N-dealkylation sites (tertiary alicyclic amines) is 1. The lowest BCUT2D eigenvalue weighted by atomic mass is 9.97. The van der Waals surface area contributed by atoms with Crippen LogP contribution < -0.4 is 10.5 Å². The van der Waals surface area contributed by atoms with E-state index in [9.17, 15) is 9.59 Å². The largest absolute Gasteiger partial charge is 0.493 e. The normalized spacial score (nSPS) is 18.1. The molecule has 1 heterocycles. The van der Waals surface area contributed by atoms with Crippen molar-refractivity contribution >= 4 is 11.8 Å². The summed E-state index contributed by atoms with van der Waals surface area (Å²) in [7, 11) is 0. The van der Waals surface area contributed by atoms with E-state index >= 15 is 0 Å². The van der Waals surface area contributed by atoms with Gasteiger partial charge >= 0.3 is 0 Å². The number of rotatable bonds is 5. The molecule has 1 unspecified atom stereocenters. The first kappa shape index (κ1) is 16.3. The minimum absolute atomic E-state index is 0.0229. The molecule has 1 aliphatic rings. The second-order valence-corrected chi connectivity index (χ2v) is 5.93. The molecule has 120 valence electrons. The smallest absolute Gasteiger partial charge is 0.226 e. The van der Waals surface area contributed by atoms with Crippen LogP contribution in [-0.4, -0.2) is 36.4 Å². The van der Waals surface area contributed by atoms with Crippen molar-refractivity contribution in [2.75, 3.05) is 19.7 Å². The minimum Gasteiger partial charge on any atom is -0.493 e. The van der Waals surface area contributed by atoms with Gasteiger partial charge in [-0.3, -0.25) is 9.59 Å². The second-order valence-electron chi connectivity index (χ2n) is 5.93. The molecule has 2 N–H and O–H groups in total. The lowest BCUT2D eigenvalue weighted by Crippen LogP contribution is -2.44. The summed E-state index contributed by atoms with van der Waals surface area (Å²) in [6.45, 7) is 5.57. The van der Waals surface area contributed by atoms with E-state index in [1.165, 1.54) is 11.1 Å². The number of aryl methyl sites for hydroxylation is 2. The molecule has 1 saturated heterocycles. The van der Waals surface area contributed by atoms with Crippen LogP contribution in [0.15, 0.2) is 18.2 Å². The summed E-state index contributed by atoms with van der Waals surface area (Å²) >= 11 is 0. The zero-order valence-corrected chi connectivity index (χ0v) is 13.3. The Bertz CT molecular complexity index is 557. The summed E-state index contributed by atoms with van der Waals surface area (Å²) in [5, 5.41) is 0. The van der Waals surface area contributed by atoms with Crippen molar-refractivity contribution in [1.29, 1.82) is 0 Å². The molecule has 2 amide bonds. The minimum atomic E-state index is -0.316. The molecule has 1 atom stereocenters. The van der Waals surface area contributed by atoms with Crippen LogP contribution in [0.2, 0.25) is 0 Å². The summed E-state index contributed by atoms with van der Waals surface area (Å²) in [5.74, 6) is 0.279. The molecule has 1 aliphatic heterocycles. The average Bonchev–Trinajstić information content (AvgIpc) is 2.51. The number of benzene rings is 1. The van der Waals surface area contributed by atoms with Crippen LogP contribution in [0.3, 0.4) is 0 Å². The maximum atomic E-state index is 12.2. The highest BCUT2D eigenvalue weighted by Crippen LogP contribution is 2.18. The topological polar surface area (TPSA) is 72.6 Å². The zero-order valence-electron chi connectivity index (χ0n) is 13.3. The van der Waals surface area contributed by atoms with Crippen LogP contribution in [0.5, 0.6) is 5.75 Å². The molecule has 2 rings (SSSR count). The van der Waals surface area contributed by atoms with Crippen molar-refractivity contribution in [3.05, 3.63) is 29.3 Å². The third-order valence-corrected chi connectivity index (χ3v) is 4.24. The maximum Gasteiger partial charge on any atom is 0.226 e. The van der Waals surface area contributed by atoms with E-state index in [4.69, 9.17) is 10.5 Å². The molecular weight excluding hydrogens is 280 g/mol. The third kappa shape index (κ3) is 4.23. The Morgan fingerprint density at radius 3 is 2.77 bits per heavy atom. The number of nitrogens with zero attached hydrogens (tertiary/aromatic N) is 1. The molecular formula is C17H24N2O3. The zero-order chi connectivity index (χ0) is 16.1. The van der Waals surface area contributed by atoms with Crippen molar-refractivity contribution in [2.24, 2.45) is 11.7 Å². The standard InChI is InChI=1S/C17H24N2O3/c1-12-5-6-15(10-13(12)2)22-9-7-16(20)19-8-3-4-14(11-19)17(18)21/h5-6,10,14H,3-4,7-9,11H2,1-2H3,(H2,18,21).